The van der Waals surface area contributed by atoms with Gasteiger partial charge in [0.25, 0.3) is 13.4 Å². The molecule has 528 valence electrons. The maximum Gasteiger partial charge on any atom is 0.266 e. The number of para-hydroxylation sites is 1. The zero-order valence-corrected chi connectivity index (χ0v) is 61.4. The van der Waals surface area contributed by atoms with Gasteiger partial charge in [0.05, 0.1) is 43.0 Å². The van der Waals surface area contributed by atoms with Crippen molar-refractivity contribution in [2.24, 2.45) is 0 Å². The molecule has 0 saturated heterocycles. The number of fused-ring (bicyclic) bond motifs is 9. The molecule has 5 nitrogen and oxygen atoms in total. The van der Waals surface area contributed by atoms with Gasteiger partial charge in [-0.3, -0.25) is 0 Å². The Morgan fingerprint density at radius 1 is 0.292 bits per heavy atom. The van der Waals surface area contributed by atoms with E-state index in [2.05, 4.69) is 111 Å². The maximum absolute atomic E-state index is 12.5. The highest BCUT2D eigenvalue weighted by Gasteiger charge is 2.54. The van der Waals surface area contributed by atoms with Crippen molar-refractivity contribution in [2.75, 3.05) is 9.80 Å². The molecule has 5 aliphatic rings. The van der Waals surface area contributed by atoms with Gasteiger partial charge in [-0.15, -0.1) is 0 Å². The molecule has 113 heavy (non-hydrogen) atoms. The Morgan fingerprint density at radius 2 is 0.726 bits per heavy atom. The molecule has 0 bridgehead atoms. The number of benzene rings is 17. The zero-order valence-electron chi connectivity index (χ0n) is 76.4. The van der Waals surface area contributed by atoms with Crippen LogP contribution in [0.4, 0.5) is 34.1 Å². The molecule has 0 radical (unpaired) electrons. The number of hydrogen-bond donors (Lipinski definition) is 0. The lowest BCUT2D eigenvalue weighted by molar-refractivity contribution is 0.467. The van der Waals surface area contributed by atoms with Crippen molar-refractivity contribution in [2.45, 2.75) is 26.2 Å². The predicted octanol–water partition coefficient (Wildman–Crippen LogP) is 24.2. The van der Waals surface area contributed by atoms with E-state index in [9.17, 15) is 19.2 Å². The topological polar surface area (TPSA) is 29.9 Å². The largest absolute Gasteiger partial charge is 0.459 e. The molecule has 7 heteroatoms. The monoisotopic (exact) mass is 1450 g/mol. The molecule has 0 saturated carbocycles. The second kappa shape index (κ2) is 25.2. The van der Waals surface area contributed by atoms with Crippen molar-refractivity contribution in [3.8, 4) is 129 Å². The summed E-state index contributed by atoms with van der Waals surface area (Å²) in [7, 11) is 0. The van der Waals surface area contributed by atoms with Crippen LogP contribution >= 0.6 is 0 Å². The van der Waals surface area contributed by atoms with E-state index >= 15 is 0 Å². The minimum absolute atomic E-state index is 0.00326. The molecule has 0 aliphatic carbocycles. The molecule has 0 fully saturated rings. The molecular formula is C106H71B2N3O2. The number of nitrogens with zero attached hydrogens (tertiary/aromatic N) is 3. The van der Waals surface area contributed by atoms with Gasteiger partial charge in [-0.1, -0.05) is 324 Å². The van der Waals surface area contributed by atoms with Gasteiger partial charge in [-0.2, -0.15) is 0 Å². The Hall–Kier alpha value is -14.1. The SMILES string of the molecule is [2H]c1cc2c(c([2H])c1[2H])c1c([2H])c(-c3ccccc3)c3c4c1n2-c1c([2H])c2c(c5c1B4c1c(c([2H])c(-c4ccccc4)c([2H])c1O3)O5)B1c3c(cc(C(C)(C)C)cc3N2c2c(-c3ccccc3)cc(-c3ccccc3)cc2-c2ccccc2)N(c2c(-c3ccccc3)cc(-c3ccccc3)cc2-c2ccccc2)c2c([2H])c(-c3c([2H])c([2H])c([2H])c([2H])c3[2H])c([2H])c([2H])c21. The van der Waals surface area contributed by atoms with Gasteiger partial charge in [-0.05, 0) is 183 Å². The number of rotatable bonds is 11. The van der Waals surface area contributed by atoms with E-state index < -0.39 is 84.3 Å². The third-order valence-corrected chi connectivity index (χ3v) is 23.1. The van der Waals surface area contributed by atoms with Crippen LogP contribution in [-0.4, -0.2) is 18.0 Å². The fraction of sp³-hybridized carbons (Fsp3) is 0.0377. The van der Waals surface area contributed by atoms with Gasteiger partial charge in [0.15, 0.2) is 0 Å². The highest BCUT2D eigenvalue weighted by atomic mass is 16.5. The van der Waals surface area contributed by atoms with Crippen molar-refractivity contribution in [1.82, 2.24) is 4.57 Å². The standard InChI is InChI=1S/C106H71B2N3O2/c1-106(2,3)79-62-90-96-91(63-79)111(102-83(72-45-25-10-26-46-72)57-77(68-37-17-6-18-38-68)58-84(102)73-47-27-11-28-48-73)92-65-93-98-105(113-95-61-78(69-39-19-7-20-40-69)60-94-99(95)108(98)100-103-86(80-51-31-32-52-88(80)109(93)103)64-85(104(100)112-94)74-49-29-12-30-50-74)97(92)107(96)87-54-53-75(66-33-13-4-14-34-66)59-89(87)110(90)101-81(70-41-21-8-22-42-70)55-76(67-35-15-5-16-36-67)56-82(101)71-43-23-9-24-44-71/h4-65H,1-3H3/i4D,13D,14D,31D,32D,33D,34D,51D,53D,54D,59D,60D,61D,64D,65D. The second-order valence-electron chi connectivity index (χ2n) is 30.5. The fourth-order valence-electron chi connectivity index (χ4n) is 18.0. The summed E-state index contributed by atoms with van der Waals surface area (Å²) in [6.07, 6.45) is 0. The van der Waals surface area contributed by atoms with E-state index in [0.29, 0.717) is 83.6 Å². The van der Waals surface area contributed by atoms with E-state index in [0.717, 1.165) is 50.1 Å². The van der Waals surface area contributed by atoms with E-state index in [-0.39, 0.29) is 115 Å². The summed E-state index contributed by atoms with van der Waals surface area (Å²) in [5.74, 6) is 0.241. The summed E-state index contributed by atoms with van der Waals surface area (Å²) in [6.45, 7) is 3.72. The molecular weight excluding hydrogens is 1370 g/mol. The van der Waals surface area contributed by atoms with Crippen LogP contribution < -0.4 is 52.1 Å². The van der Waals surface area contributed by atoms with Crippen molar-refractivity contribution >= 4 is 102 Å². The number of hydrogen-bond acceptors (Lipinski definition) is 4. The molecule has 0 unspecified atom stereocenters. The van der Waals surface area contributed by atoms with Crippen LogP contribution in [0.2, 0.25) is 0 Å². The van der Waals surface area contributed by atoms with Crippen LogP contribution in [0, 0.1) is 0 Å². The van der Waals surface area contributed by atoms with Crippen LogP contribution in [0.15, 0.2) is 376 Å². The first-order valence-electron chi connectivity index (χ1n) is 45.6. The van der Waals surface area contributed by atoms with Gasteiger partial charge in [0.2, 0.25) is 0 Å². The number of aromatic nitrogens is 1. The summed E-state index contributed by atoms with van der Waals surface area (Å²) < 4.78 is 174. The maximum atomic E-state index is 12.5. The van der Waals surface area contributed by atoms with Gasteiger partial charge in [-0.25, -0.2) is 0 Å². The fourth-order valence-corrected chi connectivity index (χ4v) is 18.0. The van der Waals surface area contributed by atoms with E-state index in [1.165, 1.54) is 6.07 Å². The molecule has 18 aromatic rings. The Balaban J connectivity index is 0.992. The van der Waals surface area contributed by atoms with E-state index in [1.807, 2.05) is 204 Å². The zero-order chi connectivity index (χ0) is 87.8. The molecule has 6 heterocycles. The van der Waals surface area contributed by atoms with Gasteiger partial charge in [0, 0.05) is 72.5 Å². The quantitative estimate of drug-likeness (QED) is 0.121. The van der Waals surface area contributed by atoms with E-state index in [1.54, 1.807) is 0 Å². The summed E-state index contributed by atoms with van der Waals surface area (Å²) in [4.78, 5) is 4.19. The van der Waals surface area contributed by atoms with E-state index in [4.69, 9.17) is 10.8 Å². The van der Waals surface area contributed by atoms with Crippen molar-refractivity contribution in [1.29, 1.82) is 0 Å². The smallest absolute Gasteiger partial charge is 0.266 e. The average Bonchev–Trinajstić information content (AvgIpc) is 1.29. The summed E-state index contributed by atoms with van der Waals surface area (Å²) in [6, 6.07) is 86.3. The molecule has 5 aliphatic heterocycles. The molecule has 0 spiro atoms. The van der Waals surface area contributed by atoms with Crippen molar-refractivity contribution < 1.29 is 30.0 Å². The normalized spacial score (nSPS) is 14.8. The van der Waals surface area contributed by atoms with Gasteiger partial charge >= 0.3 is 0 Å². The first-order valence-corrected chi connectivity index (χ1v) is 38.1. The number of ether oxygens (including phenoxy) is 2. The Bertz CT molecular complexity index is 7760. The van der Waals surface area contributed by atoms with Gasteiger partial charge < -0.3 is 23.8 Å². The molecule has 0 N–H and O–H groups in total. The van der Waals surface area contributed by atoms with Crippen LogP contribution in [-0.2, 0) is 5.41 Å². The van der Waals surface area contributed by atoms with Crippen LogP contribution in [0.3, 0.4) is 0 Å². The first-order chi connectivity index (χ1) is 62.0. The van der Waals surface area contributed by atoms with Crippen LogP contribution in [0.25, 0.3) is 128 Å². The third-order valence-electron chi connectivity index (χ3n) is 23.1. The lowest BCUT2D eigenvalue weighted by Crippen LogP contribution is -2.66. The summed E-state index contributed by atoms with van der Waals surface area (Å²) in [5, 5.41) is 0.389. The summed E-state index contributed by atoms with van der Waals surface area (Å²) >= 11 is 0. The lowest BCUT2D eigenvalue weighted by Gasteiger charge is -2.48. The lowest BCUT2D eigenvalue weighted by atomic mass is 9.29. The molecule has 0 atom stereocenters. The second-order valence-corrected chi connectivity index (χ2v) is 30.5. The van der Waals surface area contributed by atoms with Crippen LogP contribution in [0.1, 0.15) is 46.9 Å². The highest BCUT2D eigenvalue weighted by Crippen LogP contribution is 2.58. The number of anilines is 6. The Morgan fingerprint density at radius 3 is 1.21 bits per heavy atom. The first kappa shape index (κ1) is 51.3. The minimum Gasteiger partial charge on any atom is -0.459 e. The Labute approximate surface area is 679 Å². The predicted molar refractivity (Wildman–Crippen MR) is 474 cm³/mol. The van der Waals surface area contributed by atoms with Crippen molar-refractivity contribution in [3.05, 3.63) is 381 Å². The van der Waals surface area contributed by atoms with Crippen molar-refractivity contribution in [3.63, 3.8) is 0 Å². The molecule has 1 aromatic heterocycles. The highest BCUT2D eigenvalue weighted by molar-refractivity contribution is 7.04. The molecule has 23 rings (SSSR count). The Kier molecular flexibility index (Phi) is 11.4. The molecule has 17 aromatic carbocycles. The average molecular weight is 1460 g/mol. The summed E-state index contributed by atoms with van der Waals surface area (Å²) in [5.41, 5.74) is 14.4. The van der Waals surface area contributed by atoms with Crippen LogP contribution in [0.5, 0.6) is 23.0 Å². The third kappa shape index (κ3) is 10.0. The molecule has 0 amide bonds. The minimum atomic E-state index is -1.46. The van der Waals surface area contributed by atoms with Gasteiger partial charge in [0.1, 0.15) is 23.0 Å².